The minimum Gasteiger partial charge on any atom is -0.490 e. The summed E-state index contributed by atoms with van der Waals surface area (Å²) < 4.78 is 12.8. The molecule has 1 amide bonds. The lowest BCUT2D eigenvalue weighted by atomic mass is 10.1. The van der Waals surface area contributed by atoms with Crippen molar-refractivity contribution in [3.63, 3.8) is 0 Å². The number of amides is 1. The smallest absolute Gasteiger partial charge is 0.244 e. The first-order valence-electron chi connectivity index (χ1n) is 8.99. The Kier molecular flexibility index (Phi) is 7.73. The molecule has 0 unspecified atom stereocenters. The average Bonchev–Trinajstić information content (AvgIpc) is 2.87. The number of nitrogens with one attached hydrogen (secondary N) is 1. The Morgan fingerprint density at radius 1 is 1.26 bits per heavy atom. The van der Waals surface area contributed by atoms with Crippen LogP contribution in [-0.4, -0.2) is 35.4 Å². The summed E-state index contributed by atoms with van der Waals surface area (Å²) in [6, 6.07) is 5.84. The molecule has 0 saturated heterocycles. The van der Waals surface area contributed by atoms with Gasteiger partial charge in [0.25, 0.3) is 0 Å². The molecule has 0 aliphatic carbocycles. The summed E-state index contributed by atoms with van der Waals surface area (Å²) in [5.74, 6) is 1.29. The highest BCUT2D eigenvalue weighted by atomic mass is 35.5. The molecule has 0 bridgehead atoms. The molecule has 146 valence electrons. The van der Waals surface area contributed by atoms with Crippen LogP contribution in [0.25, 0.3) is 6.08 Å². The molecule has 0 aliphatic rings. The molecule has 1 aromatic carbocycles. The Labute approximate surface area is 165 Å². The molecule has 0 fully saturated rings. The van der Waals surface area contributed by atoms with Gasteiger partial charge in [0.05, 0.1) is 18.9 Å². The molecule has 2 rings (SSSR count). The van der Waals surface area contributed by atoms with Gasteiger partial charge in [0, 0.05) is 25.2 Å². The first-order valence-corrected chi connectivity index (χ1v) is 9.37. The maximum atomic E-state index is 12.0. The van der Waals surface area contributed by atoms with E-state index < -0.39 is 0 Å². The van der Waals surface area contributed by atoms with E-state index in [2.05, 4.69) is 10.4 Å². The van der Waals surface area contributed by atoms with E-state index in [0.717, 1.165) is 28.3 Å². The van der Waals surface area contributed by atoms with Crippen molar-refractivity contribution in [2.45, 2.75) is 27.2 Å². The third-order valence-corrected chi connectivity index (χ3v) is 4.37. The van der Waals surface area contributed by atoms with Crippen LogP contribution >= 0.6 is 11.6 Å². The van der Waals surface area contributed by atoms with Crippen molar-refractivity contribution in [1.82, 2.24) is 15.1 Å². The number of benzene rings is 1. The second kappa shape index (κ2) is 10.0. The van der Waals surface area contributed by atoms with Crippen LogP contribution in [-0.2, 0) is 18.3 Å². The highest BCUT2D eigenvalue weighted by molar-refractivity contribution is 6.31. The topological polar surface area (TPSA) is 65.4 Å². The van der Waals surface area contributed by atoms with Gasteiger partial charge in [0.2, 0.25) is 5.91 Å². The van der Waals surface area contributed by atoms with Gasteiger partial charge in [-0.15, -0.1) is 0 Å². The molecule has 0 radical (unpaired) electrons. The van der Waals surface area contributed by atoms with Crippen LogP contribution in [0.4, 0.5) is 0 Å². The summed E-state index contributed by atoms with van der Waals surface area (Å²) >= 11 is 6.15. The predicted molar refractivity (Wildman–Crippen MR) is 107 cm³/mol. The van der Waals surface area contributed by atoms with Crippen molar-refractivity contribution in [2.24, 2.45) is 7.05 Å². The second-order valence-corrected chi connectivity index (χ2v) is 6.29. The first-order chi connectivity index (χ1) is 13.0. The summed E-state index contributed by atoms with van der Waals surface area (Å²) in [7, 11) is 1.76. The number of ether oxygens (including phenoxy) is 2. The van der Waals surface area contributed by atoms with Crippen LogP contribution in [0.1, 0.15) is 30.7 Å². The molecule has 0 spiro atoms. The summed E-state index contributed by atoms with van der Waals surface area (Å²) in [6.45, 7) is 7.40. The van der Waals surface area contributed by atoms with Gasteiger partial charge in [0.1, 0.15) is 5.15 Å². The quantitative estimate of drug-likeness (QED) is 0.664. The molecule has 2 aromatic rings. The fourth-order valence-corrected chi connectivity index (χ4v) is 2.87. The van der Waals surface area contributed by atoms with Gasteiger partial charge in [-0.05, 0) is 51.0 Å². The van der Waals surface area contributed by atoms with Crippen molar-refractivity contribution >= 4 is 23.6 Å². The third kappa shape index (κ3) is 5.76. The number of rotatable bonds is 9. The molecule has 0 atom stereocenters. The number of carbonyl (C=O) groups excluding carboxylic acids is 1. The van der Waals surface area contributed by atoms with Crippen molar-refractivity contribution in [3.05, 3.63) is 46.2 Å². The van der Waals surface area contributed by atoms with Crippen molar-refractivity contribution in [1.29, 1.82) is 0 Å². The summed E-state index contributed by atoms with van der Waals surface area (Å²) in [4.78, 5) is 12.0. The van der Waals surface area contributed by atoms with Gasteiger partial charge in [-0.2, -0.15) is 5.10 Å². The molecule has 1 aromatic heterocycles. The fraction of sp³-hybridized carbons (Fsp3) is 0.400. The maximum Gasteiger partial charge on any atom is 0.244 e. The van der Waals surface area contributed by atoms with E-state index in [1.807, 2.05) is 39.0 Å². The lowest BCUT2D eigenvalue weighted by Gasteiger charge is -2.12. The number of aromatic nitrogens is 2. The van der Waals surface area contributed by atoms with Crippen LogP contribution in [0, 0.1) is 6.92 Å². The zero-order valence-electron chi connectivity index (χ0n) is 16.2. The Balaban J connectivity index is 1.90. The fourth-order valence-electron chi connectivity index (χ4n) is 2.63. The second-order valence-electron chi connectivity index (χ2n) is 5.93. The molecule has 7 heteroatoms. The predicted octanol–water partition coefficient (Wildman–Crippen LogP) is 3.55. The van der Waals surface area contributed by atoms with Crippen LogP contribution in [0.2, 0.25) is 5.15 Å². The van der Waals surface area contributed by atoms with Gasteiger partial charge in [-0.1, -0.05) is 17.7 Å². The molecule has 6 nitrogen and oxygen atoms in total. The number of carbonyl (C=O) groups is 1. The SMILES string of the molecule is CCOc1ccc(CCNC(=O)/C=C/c2c(C)nn(C)c2Cl)cc1OCC. The molecular formula is C20H26ClN3O3. The number of halogens is 1. The summed E-state index contributed by atoms with van der Waals surface area (Å²) in [5, 5.41) is 7.59. The lowest BCUT2D eigenvalue weighted by Crippen LogP contribution is -2.23. The van der Waals surface area contributed by atoms with Gasteiger partial charge >= 0.3 is 0 Å². The Bertz CT molecular complexity index is 815. The molecule has 1 N–H and O–H groups in total. The largest absolute Gasteiger partial charge is 0.490 e. The highest BCUT2D eigenvalue weighted by Crippen LogP contribution is 2.28. The van der Waals surface area contributed by atoms with E-state index in [1.54, 1.807) is 17.8 Å². The molecule has 1 heterocycles. The van der Waals surface area contributed by atoms with E-state index in [-0.39, 0.29) is 5.91 Å². The first kappa shape index (κ1) is 20.8. The van der Waals surface area contributed by atoms with E-state index >= 15 is 0 Å². The number of nitrogens with zero attached hydrogens (tertiary/aromatic N) is 2. The number of hydrogen-bond acceptors (Lipinski definition) is 4. The van der Waals surface area contributed by atoms with E-state index in [1.165, 1.54) is 6.08 Å². The molecule has 27 heavy (non-hydrogen) atoms. The van der Waals surface area contributed by atoms with E-state index in [0.29, 0.717) is 31.3 Å². The Hall–Kier alpha value is -2.47. The summed E-state index contributed by atoms with van der Waals surface area (Å²) in [5.41, 5.74) is 2.60. The van der Waals surface area contributed by atoms with Crippen LogP contribution in [0.5, 0.6) is 11.5 Å². The minimum atomic E-state index is -0.176. The molecule has 0 aliphatic heterocycles. The standard InChI is InChI=1S/C20H26ClN3O3/c1-5-26-17-9-7-15(13-18(17)27-6-2)11-12-22-19(25)10-8-16-14(3)23-24(4)20(16)21/h7-10,13H,5-6,11-12H2,1-4H3,(H,22,25)/b10-8+. The van der Waals surface area contributed by atoms with E-state index in [4.69, 9.17) is 21.1 Å². The maximum absolute atomic E-state index is 12.0. The van der Waals surface area contributed by atoms with Crippen LogP contribution in [0.15, 0.2) is 24.3 Å². The number of aryl methyl sites for hydroxylation is 2. The van der Waals surface area contributed by atoms with Gasteiger partial charge in [-0.3, -0.25) is 9.48 Å². The average molecular weight is 392 g/mol. The minimum absolute atomic E-state index is 0.176. The number of hydrogen-bond donors (Lipinski definition) is 1. The van der Waals surface area contributed by atoms with Crippen molar-refractivity contribution in [2.75, 3.05) is 19.8 Å². The van der Waals surface area contributed by atoms with E-state index in [9.17, 15) is 4.79 Å². The Morgan fingerprint density at radius 2 is 1.96 bits per heavy atom. The zero-order valence-corrected chi connectivity index (χ0v) is 17.0. The van der Waals surface area contributed by atoms with Gasteiger partial charge in [0.15, 0.2) is 11.5 Å². The van der Waals surface area contributed by atoms with Crippen LogP contribution in [0.3, 0.4) is 0 Å². The highest BCUT2D eigenvalue weighted by Gasteiger charge is 2.09. The van der Waals surface area contributed by atoms with Crippen molar-refractivity contribution in [3.8, 4) is 11.5 Å². The Morgan fingerprint density at radius 3 is 2.59 bits per heavy atom. The van der Waals surface area contributed by atoms with Crippen LogP contribution < -0.4 is 14.8 Å². The van der Waals surface area contributed by atoms with Gasteiger partial charge in [-0.25, -0.2) is 0 Å². The van der Waals surface area contributed by atoms with Crippen molar-refractivity contribution < 1.29 is 14.3 Å². The third-order valence-electron chi connectivity index (χ3n) is 3.92. The zero-order chi connectivity index (χ0) is 19.8. The summed E-state index contributed by atoms with van der Waals surface area (Å²) in [6.07, 6.45) is 3.85. The molecular weight excluding hydrogens is 366 g/mol. The monoisotopic (exact) mass is 391 g/mol. The normalized spacial score (nSPS) is 11.0. The molecule has 0 saturated carbocycles. The van der Waals surface area contributed by atoms with Gasteiger partial charge < -0.3 is 14.8 Å². The lowest BCUT2D eigenvalue weighted by molar-refractivity contribution is -0.116.